The van der Waals surface area contributed by atoms with E-state index >= 15 is 0 Å². The van der Waals surface area contributed by atoms with E-state index in [4.69, 9.17) is 5.73 Å². The number of nitrogens with one attached hydrogen (secondary N) is 2. The van der Waals surface area contributed by atoms with Crippen LogP contribution in [-0.2, 0) is 4.79 Å². The molecule has 112 valence electrons. The van der Waals surface area contributed by atoms with Gasteiger partial charge in [0.25, 0.3) is 5.91 Å². The highest BCUT2D eigenvalue weighted by Crippen LogP contribution is 2.16. The van der Waals surface area contributed by atoms with Crippen molar-refractivity contribution in [3.63, 3.8) is 0 Å². The zero-order valence-electron chi connectivity index (χ0n) is 12.4. The van der Waals surface area contributed by atoms with Crippen molar-refractivity contribution >= 4 is 17.5 Å². The Labute approximate surface area is 119 Å². The summed E-state index contributed by atoms with van der Waals surface area (Å²) in [6, 6.07) is 1.80. The maximum Gasteiger partial charge on any atom is 0.268 e. The van der Waals surface area contributed by atoms with Crippen LogP contribution < -0.4 is 16.4 Å². The molecule has 20 heavy (non-hydrogen) atoms. The molecule has 0 aromatic carbocycles. The van der Waals surface area contributed by atoms with E-state index < -0.39 is 0 Å². The van der Waals surface area contributed by atoms with Gasteiger partial charge >= 0.3 is 0 Å². The number of anilines is 1. The fraction of sp³-hybridized carbons (Fsp3) is 0.571. The van der Waals surface area contributed by atoms with Crippen molar-refractivity contribution in [2.45, 2.75) is 39.7 Å². The van der Waals surface area contributed by atoms with Gasteiger partial charge in [-0.1, -0.05) is 6.92 Å². The molecule has 0 saturated heterocycles. The molecule has 0 bridgehead atoms. The lowest BCUT2D eigenvalue weighted by Gasteiger charge is -2.12. The molecule has 0 unspecified atom stereocenters. The van der Waals surface area contributed by atoms with Crippen molar-refractivity contribution in [2.24, 2.45) is 0 Å². The lowest BCUT2D eigenvalue weighted by atomic mass is 10.3. The van der Waals surface area contributed by atoms with Gasteiger partial charge in [0, 0.05) is 31.7 Å². The largest absolute Gasteiger partial charge is 0.397 e. The summed E-state index contributed by atoms with van der Waals surface area (Å²) in [5, 5.41) is 5.50. The topological polar surface area (TPSA) is 89.2 Å². The maximum atomic E-state index is 12.1. The predicted molar refractivity (Wildman–Crippen MR) is 79.5 cm³/mol. The third-order valence-corrected chi connectivity index (χ3v) is 2.87. The molecule has 0 fully saturated rings. The van der Waals surface area contributed by atoms with E-state index in [1.165, 1.54) is 0 Å². The van der Waals surface area contributed by atoms with Gasteiger partial charge in [0.2, 0.25) is 5.91 Å². The second-order valence-electron chi connectivity index (χ2n) is 5.02. The Kier molecular flexibility index (Phi) is 6.09. The first-order chi connectivity index (χ1) is 9.45. The van der Waals surface area contributed by atoms with Crippen LogP contribution in [0.2, 0.25) is 0 Å². The highest BCUT2D eigenvalue weighted by molar-refractivity contribution is 5.94. The van der Waals surface area contributed by atoms with Crippen LogP contribution in [0.5, 0.6) is 0 Å². The van der Waals surface area contributed by atoms with Gasteiger partial charge in [0.05, 0.1) is 5.69 Å². The molecule has 1 heterocycles. The number of nitrogen functional groups attached to an aromatic ring is 1. The Morgan fingerprint density at radius 3 is 2.60 bits per heavy atom. The number of nitrogens with zero attached hydrogens (tertiary/aromatic N) is 1. The van der Waals surface area contributed by atoms with Crippen LogP contribution in [0.15, 0.2) is 12.3 Å². The van der Waals surface area contributed by atoms with Gasteiger partial charge in [-0.25, -0.2) is 0 Å². The second-order valence-corrected chi connectivity index (χ2v) is 5.02. The molecule has 0 aliphatic heterocycles. The van der Waals surface area contributed by atoms with E-state index in [1.807, 2.05) is 25.3 Å². The molecular weight excluding hydrogens is 256 g/mol. The van der Waals surface area contributed by atoms with E-state index in [-0.39, 0.29) is 24.3 Å². The number of amides is 2. The zero-order chi connectivity index (χ0) is 15.1. The molecule has 0 atom stereocenters. The molecule has 2 amide bonds. The third kappa shape index (κ3) is 4.60. The van der Waals surface area contributed by atoms with Crippen LogP contribution in [0, 0.1) is 0 Å². The second kappa shape index (κ2) is 7.57. The molecule has 6 nitrogen and oxygen atoms in total. The number of carbonyl (C=O) groups is 2. The molecule has 1 aromatic rings. The lowest BCUT2D eigenvalue weighted by Crippen LogP contribution is -2.32. The summed E-state index contributed by atoms with van der Waals surface area (Å²) >= 11 is 0. The number of rotatable bonds is 7. The van der Waals surface area contributed by atoms with E-state index in [1.54, 1.807) is 12.3 Å². The molecule has 6 heteroatoms. The summed E-state index contributed by atoms with van der Waals surface area (Å²) in [5.41, 5.74) is 6.80. The molecule has 0 spiro atoms. The van der Waals surface area contributed by atoms with Crippen molar-refractivity contribution in [2.75, 3.05) is 18.8 Å². The summed E-state index contributed by atoms with van der Waals surface area (Å²) in [7, 11) is 0. The van der Waals surface area contributed by atoms with Crippen molar-refractivity contribution in [3.05, 3.63) is 18.0 Å². The van der Waals surface area contributed by atoms with Crippen LogP contribution in [-0.4, -0.2) is 29.5 Å². The maximum absolute atomic E-state index is 12.1. The summed E-state index contributed by atoms with van der Waals surface area (Å²) < 4.78 is 1.82. The summed E-state index contributed by atoms with van der Waals surface area (Å²) in [5.74, 6) is -0.260. The Morgan fingerprint density at radius 2 is 2.00 bits per heavy atom. The van der Waals surface area contributed by atoms with Crippen molar-refractivity contribution in [1.29, 1.82) is 0 Å². The smallest absolute Gasteiger partial charge is 0.268 e. The Morgan fingerprint density at radius 1 is 1.30 bits per heavy atom. The van der Waals surface area contributed by atoms with Crippen molar-refractivity contribution in [3.8, 4) is 0 Å². The number of hydrogen-bond acceptors (Lipinski definition) is 3. The molecule has 0 aliphatic rings. The molecule has 0 saturated carbocycles. The number of hydrogen-bond donors (Lipinski definition) is 3. The molecule has 1 rings (SSSR count). The van der Waals surface area contributed by atoms with Gasteiger partial charge in [-0.05, 0) is 26.3 Å². The van der Waals surface area contributed by atoms with E-state index in [0.717, 1.165) is 6.42 Å². The van der Waals surface area contributed by atoms with Crippen LogP contribution >= 0.6 is 0 Å². The zero-order valence-corrected chi connectivity index (χ0v) is 12.4. The van der Waals surface area contributed by atoms with Gasteiger partial charge in [-0.3, -0.25) is 9.59 Å². The minimum atomic E-state index is -0.210. The Balaban J connectivity index is 2.49. The number of carbonyl (C=O) groups excluding carboxylic acids is 2. The van der Waals surface area contributed by atoms with Gasteiger partial charge in [0.15, 0.2) is 0 Å². The highest BCUT2D eigenvalue weighted by Gasteiger charge is 2.14. The van der Waals surface area contributed by atoms with E-state index in [2.05, 4.69) is 10.6 Å². The van der Waals surface area contributed by atoms with Crippen LogP contribution in [0.1, 0.15) is 50.1 Å². The summed E-state index contributed by atoms with van der Waals surface area (Å²) in [6.45, 7) is 6.94. The Hall–Kier alpha value is -1.98. The number of aromatic nitrogens is 1. The van der Waals surface area contributed by atoms with Crippen molar-refractivity contribution in [1.82, 2.24) is 15.2 Å². The molecule has 4 N–H and O–H groups in total. The van der Waals surface area contributed by atoms with E-state index in [0.29, 0.717) is 24.5 Å². The van der Waals surface area contributed by atoms with Gasteiger partial charge in [-0.2, -0.15) is 0 Å². The molecular formula is C14H24N4O2. The lowest BCUT2D eigenvalue weighted by molar-refractivity contribution is -0.120. The van der Waals surface area contributed by atoms with Crippen molar-refractivity contribution < 1.29 is 9.59 Å². The third-order valence-electron chi connectivity index (χ3n) is 2.87. The highest BCUT2D eigenvalue weighted by atomic mass is 16.2. The first kappa shape index (κ1) is 16.1. The summed E-state index contributed by atoms with van der Waals surface area (Å²) in [6.07, 6.45) is 2.93. The predicted octanol–water partition coefficient (Wildman–Crippen LogP) is 1.30. The van der Waals surface area contributed by atoms with E-state index in [9.17, 15) is 9.59 Å². The number of nitrogens with two attached hydrogens (primary N) is 1. The minimum absolute atomic E-state index is 0.0501. The molecule has 0 radical (unpaired) electrons. The minimum Gasteiger partial charge on any atom is -0.397 e. The molecule has 0 aliphatic carbocycles. The monoisotopic (exact) mass is 280 g/mol. The Bertz CT molecular complexity index is 466. The summed E-state index contributed by atoms with van der Waals surface area (Å²) in [4.78, 5) is 23.5. The fourth-order valence-corrected chi connectivity index (χ4v) is 1.84. The van der Waals surface area contributed by atoms with Crippen LogP contribution in [0.4, 0.5) is 5.69 Å². The quantitative estimate of drug-likeness (QED) is 0.703. The fourth-order valence-electron chi connectivity index (χ4n) is 1.84. The van der Waals surface area contributed by atoms with Crippen LogP contribution in [0.3, 0.4) is 0 Å². The van der Waals surface area contributed by atoms with Gasteiger partial charge in [-0.15, -0.1) is 0 Å². The average Bonchev–Trinajstić information content (AvgIpc) is 2.78. The standard InChI is InChI=1S/C14H24N4O2/c1-4-6-16-13(19)5-7-17-14(20)12-8-11(15)9-18(12)10(2)3/h8-10H,4-7,15H2,1-3H3,(H,16,19)(H,17,20). The van der Waals surface area contributed by atoms with Gasteiger partial charge < -0.3 is 20.9 Å². The average molecular weight is 280 g/mol. The normalized spacial score (nSPS) is 10.6. The van der Waals surface area contributed by atoms with Crippen LogP contribution in [0.25, 0.3) is 0 Å². The first-order valence-electron chi connectivity index (χ1n) is 6.98. The first-order valence-corrected chi connectivity index (χ1v) is 6.98. The van der Waals surface area contributed by atoms with Gasteiger partial charge in [0.1, 0.15) is 5.69 Å². The SMILES string of the molecule is CCCNC(=O)CCNC(=O)c1cc(N)cn1C(C)C. The molecule has 1 aromatic heterocycles.